The topological polar surface area (TPSA) is 94.9 Å². The fourth-order valence-corrected chi connectivity index (χ4v) is 3.99. The standard InChI is InChI=1S/C16H16BClFN2O6PS/c1-24-13(4-5-21-7-11(18)14(29)20-15(21)22)16(17,23)27-28-25-8-9-6-10(19)2-3-12(9)26-28/h2-3,6-7,13,23H,4-5,8H2,1H3,(H,20,22,29). The van der Waals surface area contributed by atoms with Crippen LogP contribution in [0.5, 0.6) is 5.75 Å². The smallest absolute Gasteiger partial charge is 0.399 e. The first-order valence-electron chi connectivity index (χ1n) is 8.31. The predicted octanol–water partition coefficient (Wildman–Crippen LogP) is 2.77. The van der Waals surface area contributed by atoms with Gasteiger partial charge in [0.15, 0.2) is 13.5 Å². The van der Waals surface area contributed by atoms with Crippen LogP contribution >= 0.6 is 32.4 Å². The van der Waals surface area contributed by atoms with E-state index in [0.29, 0.717) is 11.3 Å². The number of aryl methyl sites for hydroxylation is 1. The van der Waals surface area contributed by atoms with Gasteiger partial charge in [-0.3, -0.25) is 18.6 Å². The number of nitrogens with zero attached hydrogens (tertiary/aromatic N) is 1. The molecule has 1 aliphatic rings. The van der Waals surface area contributed by atoms with Crippen LogP contribution in [0.4, 0.5) is 4.39 Å². The van der Waals surface area contributed by atoms with Crippen molar-refractivity contribution in [2.75, 3.05) is 7.11 Å². The van der Waals surface area contributed by atoms with Crippen molar-refractivity contribution in [3.8, 4) is 5.75 Å². The zero-order valence-electron chi connectivity index (χ0n) is 15.1. The highest BCUT2D eigenvalue weighted by atomic mass is 35.5. The van der Waals surface area contributed by atoms with Gasteiger partial charge in [0, 0.05) is 25.4 Å². The summed E-state index contributed by atoms with van der Waals surface area (Å²) in [6, 6.07) is 3.95. The number of H-pyrrole nitrogens is 1. The molecule has 0 bridgehead atoms. The fourth-order valence-electron chi connectivity index (χ4n) is 2.60. The lowest BCUT2D eigenvalue weighted by Crippen LogP contribution is -2.46. The molecule has 0 saturated carbocycles. The first kappa shape index (κ1) is 22.4. The van der Waals surface area contributed by atoms with E-state index in [1.807, 2.05) is 0 Å². The van der Waals surface area contributed by atoms with Crippen LogP contribution in [0.1, 0.15) is 12.0 Å². The number of aromatic nitrogens is 2. The molecule has 0 spiro atoms. The second-order valence-electron chi connectivity index (χ2n) is 6.13. The van der Waals surface area contributed by atoms with Crippen LogP contribution in [0.3, 0.4) is 0 Å². The van der Waals surface area contributed by atoms with Crippen LogP contribution in [-0.2, 0) is 26.9 Å². The molecule has 3 atom stereocenters. The highest BCUT2D eigenvalue weighted by molar-refractivity contribution is 7.71. The molecule has 154 valence electrons. The Bertz CT molecular complexity index is 1010. The Morgan fingerprint density at radius 3 is 3.07 bits per heavy atom. The highest BCUT2D eigenvalue weighted by Crippen LogP contribution is 2.49. The van der Waals surface area contributed by atoms with Crippen molar-refractivity contribution in [1.82, 2.24) is 9.55 Å². The molecule has 0 amide bonds. The number of rotatable bonds is 7. The van der Waals surface area contributed by atoms with E-state index in [1.54, 1.807) is 0 Å². The molecule has 29 heavy (non-hydrogen) atoms. The lowest BCUT2D eigenvalue weighted by atomic mass is 9.87. The van der Waals surface area contributed by atoms with Crippen molar-refractivity contribution < 1.29 is 27.8 Å². The zero-order valence-corrected chi connectivity index (χ0v) is 17.6. The van der Waals surface area contributed by atoms with E-state index in [2.05, 4.69) is 4.98 Å². The number of ether oxygens (including phenoxy) is 1. The van der Waals surface area contributed by atoms with Crippen molar-refractivity contribution in [2.45, 2.75) is 31.4 Å². The molecule has 0 fully saturated rings. The van der Waals surface area contributed by atoms with Gasteiger partial charge in [0.25, 0.3) is 0 Å². The fraction of sp³-hybridized carbons (Fsp3) is 0.375. The second-order valence-corrected chi connectivity index (χ2v) is 8.01. The van der Waals surface area contributed by atoms with Crippen LogP contribution < -0.4 is 10.2 Å². The van der Waals surface area contributed by atoms with E-state index in [1.165, 1.54) is 36.1 Å². The SMILES string of the molecule is [B]C(O)(OP1OCc2cc(F)ccc2O1)C(CCn1cc(Cl)c(=S)[nH]c1=O)OC. The van der Waals surface area contributed by atoms with Gasteiger partial charge in [0.05, 0.1) is 11.6 Å². The Morgan fingerprint density at radius 2 is 2.34 bits per heavy atom. The van der Waals surface area contributed by atoms with Gasteiger partial charge in [0.1, 0.15) is 22.3 Å². The lowest BCUT2D eigenvalue weighted by Gasteiger charge is -2.35. The van der Waals surface area contributed by atoms with Gasteiger partial charge in [-0.15, -0.1) is 0 Å². The first-order valence-corrected chi connectivity index (χ1v) is 10.2. The lowest BCUT2D eigenvalue weighted by molar-refractivity contribution is -0.161. The van der Waals surface area contributed by atoms with Crippen molar-refractivity contribution in [3.63, 3.8) is 0 Å². The molecule has 2 radical (unpaired) electrons. The molecule has 0 aliphatic carbocycles. The summed E-state index contributed by atoms with van der Waals surface area (Å²) in [5, 5.41) is 10.8. The Balaban J connectivity index is 1.65. The van der Waals surface area contributed by atoms with Crippen molar-refractivity contribution in [2.24, 2.45) is 0 Å². The van der Waals surface area contributed by atoms with Gasteiger partial charge in [-0.05, 0) is 24.6 Å². The third-order valence-electron chi connectivity index (χ3n) is 4.09. The molecule has 3 rings (SSSR count). The summed E-state index contributed by atoms with van der Waals surface area (Å²) < 4.78 is 36.1. The Morgan fingerprint density at radius 1 is 1.59 bits per heavy atom. The molecule has 3 unspecified atom stereocenters. The van der Waals surface area contributed by atoms with E-state index >= 15 is 0 Å². The number of benzene rings is 1. The number of hydrogen-bond acceptors (Lipinski definition) is 7. The normalized spacial score (nSPS) is 19.1. The number of aliphatic hydroxyl groups is 1. The predicted molar refractivity (Wildman–Crippen MR) is 107 cm³/mol. The molecular weight excluding hydrogens is 444 g/mol. The minimum atomic E-state index is -2.28. The summed E-state index contributed by atoms with van der Waals surface area (Å²) in [5.74, 6) is -0.0520. The first-order chi connectivity index (χ1) is 13.7. The average molecular weight is 461 g/mol. The molecule has 13 heteroatoms. The number of fused-ring (bicyclic) bond motifs is 1. The third-order valence-corrected chi connectivity index (χ3v) is 5.93. The van der Waals surface area contributed by atoms with Crippen molar-refractivity contribution >= 4 is 40.3 Å². The number of hydrogen-bond donors (Lipinski definition) is 2. The second kappa shape index (κ2) is 9.22. The monoisotopic (exact) mass is 460 g/mol. The number of nitrogens with one attached hydrogen (secondary N) is 1. The number of halogens is 2. The third kappa shape index (κ3) is 5.43. The summed E-state index contributed by atoms with van der Waals surface area (Å²) in [4.78, 5) is 14.4. The number of aromatic amines is 1. The van der Waals surface area contributed by atoms with Crippen molar-refractivity contribution in [1.29, 1.82) is 0 Å². The van der Waals surface area contributed by atoms with Crippen LogP contribution in [0.25, 0.3) is 0 Å². The maximum absolute atomic E-state index is 13.3. The average Bonchev–Trinajstić information content (AvgIpc) is 2.65. The zero-order chi connectivity index (χ0) is 21.2. The van der Waals surface area contributed by atoms with Gasteiger partial charge in [0.2, 0.25) is 0 Å². The molecule has 1 aliphatic heterocycles. The van der Waals surface area contributed by atoms with Gasteiger partial charge < -0.3 is 14.4 Å². The Labute approximate surface area is 177 Å². The summed E-state index contributed by atoms with van der Waals surface area (Å²) in [6.07, 6.45) is 0.426. The van der Waals surface area contributed by atoms with E-state index in [0.717, 1.165) is 0 Å². The van der Waals surface area contributed by atoms with Gasteiger partial charge in [-0.2, -0.15) is 0 Å². The molecule has 8 nitrogen and oxygen atoms in total. The van der Waals surface area contributed by atoms with Gasteiger partial charge in [-0.1, -0.05) is 23.8 Å². The maximum Gasteiger partial charge on any atom is 0.399 e. The number of methoxy groups -OCH3 is 1. The van der Waals surface area contributed by atoms with Crippen LogP contribution in [-0.4, -0.2) is 41.4 Å². The Hall–Kier alpha value is -1.33. The van der Waals surface area contributed by atoms with Crippen molar-refractivity contribution in [3.05, 3.63) is 55.9 Å². The largest absolute Gasteiger partial charge is 0.426 e. The van der Waals surface area contributed by atoms with Crippen LogP contribution in [0.2, 0.25) is 5.02 Å². The molecule has 1 aromatic heterocycles. The maximum atomic E-state index is 13.3. The summed E-state index contributed by atoms with van der Waals surface area (Å²) in [6.45, 7) is 0.136. The molecule has 2 aromatic rings. The summed E-state index contributed by atoms with van der Waals surface area (Å²) in [5.41, 5.74) is -2.25. The summed E-state index contributed by atoms with van der Waals surface area (Å²) >= 11 is 10.8. The van der Waals surface area contributed by atoms with Gasteiger partial charge in [-0.25, -0.2) is 9.18 Å². The molecular formula is C16H16BClFN2O6PS. The molecule has 1 aromatic carbocycles. The van der Waals surface area contributed by atoms with E-state index < -0.39 is 31.9 Å². The minimum Gasteiger partial charge on any atom is -0.426 e. The van der Waals surface area contributed by atoms with E-state index in [-0.39, 0.29) is 29.2 Å². The molecule has 0 saturated heterocycles. The highest BCUT2D eigenvalue weighted by Gasteiger charge is 2.38. The van der Waals surface area contributed by atoms with E-state index in [9.17, 15) is 14.3 Å². The van der Waals surface area contributed by atoms with Crippen LogP contribution in [0.15, 0.2) is 29.2 Å². The molecule has 2 heterocycles. The van der Waals surface area contributed by atoms with E-state index in [4.69, 9.17) is 50.0 Å². The molecule has 2 N–H and O–H groups in total. The minimum absolute atomic E-state index is 0.0314. The summed E-state index contributed by atoms with van der Waals surface area (Å²) in [7, 11) is 5.13. The van der Waals surface area contributed by atoms with Crippen LogP contribution in [0, 0.1) is 10.5 Å². The Kier molecular flexibility index (Phi) is 7.11. The quantitative estimate of drug-likeness (QED) is 0.284. The van der Waals surface area contributed by atoms with Gasteiger partial charge >= 0.3 is 14.3 Å².